The van der Waals surface area contributed by atoms with Crippen molar-refractivity contribution in [2.75, 3.05) is 6.54 Å². The molecule has 2 N–H and O–H groups in total. The highest BCUT2D eigenvalue weighted by Gasteiger charge is 2.12. The summed E-state index contributed by atoms with van der Waals surface area (Å²) in [5.74, 6) is -1.48. The molecule has 122 valence electrons. The van der Waals surface area contributed by atoms with Crippen LogP contribution in [0.5, 0.6) is 0 Å². The van der Waals surface area contributed by atoms with Crippen LogP contribution in [0.25, 0.3) is 0 Å². The van der Waals surface area contributed by atoms with Crippen molar-refractivity contribution in [3.05, 3.63) is 70.2 Å². The minimum Gasteiger partial charge on any atom is -0.351 e. The summed E-state index contributed by atoms with van der Waals surface area (Å²) in [6, 6.07) is 10.2. The molecule has 2 rings (SSSR count). The summed E-state index contributed by atoms with van der Waals surface area (Å²) in [6.45, 7) is 2.10. The Morgan fingerprint density at radius 1 is 1.22 bits per heavy atom. The Kier molecular flexibility index (Phi) is 6.07. The van der Waals surface area contributed by atoms with E-state index in [1.54, 1.807) is 19.1 Å². The normalized spacial score (nSPS) is 12.0. The molecule has 1 atom stereocenters. The van der Waals surface area contributed by atoms with Gasteiger partial charge in [0.15, 0.2) is 0 Å². The fraction of sp³-hybridized carbons (Fsp3) is 0.235. The maximum Gasteiger partial charge on any atom is 0.234 e. The average molecular weight is 339 g/mol. The molecule has 2 aromatic carbocycles. The van der Waals surface area contributed by atoms with Gasteiger partial charge in [0, 0.05) is 29.2 Å². The molecule has 0 fully saturated rings. The molecular formula is C17H17ClF2N2O. The molecule has 0 heterocycles. The van der Waals surface area contributed by atoms with E-state index in [9.17, 15) is 13.6 Å². The molecular weight excluding hydrogens is 322 g/mol. The Hall–Kier alpha value is -1.98. The number of halogens is 3. The first-order chi connectivity index (χ1) is 11.0. The lowest BCUT2D eigenvalue weighted by molar-refractivity contribution is -0.120. The first kappa shape index (κ1) is 17.4. The Bertz CT molecular complexity index is 694. The minimum absolute atomic E-state index is 0.0263. The summed E-state index contributed by atoms with van der Waals surface area (Å²) >= 11 is 5.87. The zero-order chi connectivity index (χ0) is 16.8. The van der Waals surface area contributed by atoms with Gasteiger partial charge in [0.05, 0.1) is 6.54 Å². The molecule has 0 aromatic heterocycles. The third-order valence-electron chi connectivity index (χ3n) is 3.38. The highest BCUT2D eigenvalue weighted by molar-refractivity contribution is 6.30. The van der Waals surface area contributed by atoms with E-state index < -0.39 is 17.7 Å². The lowest BCUT2D eigenvalue weighted by Gasteiger charge is -2.15. The number of hydrogen-bond acceptors (Lipinski definition) is 2. The van der Waals surface area contributed by atoms with Gasteiger partial charge in [0.2, 0.25) is 5.91 Å². The van der Waals surface area contributed by atoms with Crippen LogP contribution in [-0.2, 0) is 11.3 Å². The second kappa shape index (κ2) is 8.04. The molecule has 2 aromatic rings. The van der Waals surface area contributed by atoms with Crippen LogP contribution in [-0.4, -0.2) is 12.5 Å². The summed E-state index contributed by atoms with van der Waals surface area (Å²) in [5, 5.41) is 6.26. The van der Waals surface area contributed by atoms with Crippen molar-refractivity contribution in [3.63, 3.8) is 0 Å². The van der Waals surface area contributed by atoms with Gasteiger partial charge in [-0.15, -0.1) is 0 Å². The topological polar surface area (TPSA) is 41.1 Å². The SMILES string of the molecule is C[C@@H](NCC(=O)NCc1cccc(Cl)c1)c1ccc(F)cc1F. The van der Waals surface area contributed by atoms with Gasteiger partial charge in [0.1, 0.15) is 11.6 Å². The lowest BCUT2D eigenvalue weighted by atomic mass is 10.1. The van der Waals surface area contributed by atoms with Gasteiger partial charge < -0.3 is 10.6 Å². The number of carbonyl (C=O) groups is 1. The number of benzene rings is 2. The first-order valence-corrected chi connectivity index (χ1v) is 7.53. The Balaban J connectivity index is 1.81. The highest BCUT2D eigenvalue weighted by atomic mass is 35.5. The van der Waals surface area contributed by atoms with Gasteiger partial charge in [-0.2, -0.15) is 0 Å². The Morgan fingerprint density at radius 3 is 2.70 bits per heavy atom. The predicted octanol–water partition coefficient (Wildman–Crippen LogP) is 3.59. The Labute approximate surface area is 138 Å². The fourth-order valence-corrected chi connectivity index (χ4v) is 2.33. The number of amides is 1. The van der Waals surface area contributed by atoms with Crippen molar-refractivity contribution in [1.29, 1.82) is 0 Å². The molecule has 0 aliphatic heterocycles. The van der Waals surface area contributed by atoms with Crippen LogP contribution < -0.4 is 10.6 Å². The second-order valence-electron chi connectivity index (χ2n) is 5.18. The van der Waals surface area contributed by atoms with Crippen LogP contribution in [0.2, 0.25) is 5.02 Å². The summed E-state index contributed by atoms with van der Waals surface area (Å²) in [4.78, 5) is 11.8. The van der Waals surface area contributed by atoms with E-state index in [1.165, 1.54) is 12.1 Å². The number of nitrogens with one attached hydrogen (secondary N) is 2. The van der Waals surface area contributed by atoms with Gasteiger partial charge in [0.25, 0.3) is 0 Å². The molecule has 0 unspecified atom stereocenters. The second-order valence-corrected chi connectivity index (χ2v) is 5.61. The molecule has 0 saturated heterocycles. The molecule has 23 heavy (non-hydrogen) atoms. The van der Waals surface area contributed by atoms with Crippen molar-refractivity contribution in [2.45, 2.75) is 19.5 Å². The molecule has 6 heteroatoms. The van der Waals surface area contributed by atoms with Gasteiger partial charge in [-0.1, -0.05) is 29.8 Å². The average Bonchev–Trinajstić information content (AvgIpc) is 2.50. The van der Waals surface area contributed by atoms with E-state index in [2.05, 4.69) is 10.6 Å². The van der Waals surface area contributed by atoms with Crippen LogP contribution in [0.1, 0.15) is 24.1 Å². The molecule has 0 saturated carbocycles. The number of carbonyl (C=O) groups excluding carboxylic acids is 1. The van der Waals surface area contributed by atoms with Gasteiger partial charge in [-0.25, -0.2) is 8.78 Å². The fourth-order valence-electron chi connectivity index (χ4n) is 2.12. The molecule has 0 radical (unpaired) electrons. The predicted molar refractivity (Wildman–Crippen MR) is 86.1 cm³/mol. The van der Waals surface area contributed by atoms with E-state index in [0.717, 1.165) is 11.6 Å². The highest BCUT2D eigenvalue weighted by Crippen LogP contribution is 2.17. The summed E-state index contributed by atoms with van der Waals surface area (Å²) in [7, 11) is 0. The molecule has 1 amide bonds. The van der Waals surface area contributed by atoms with Gasteiger partial charge in [-0.05, 0) is 30.7 Å². The third kappa shape index (κ3) is 5.30. The minimum atomic E-state index is -0.635. The van der Waals surface area contributed by atoms with Crippen molar-refractivity contribution in [3.8, 4) is 0 Å². The molecule has 0 aliphatic rings. The van der Waals surface area contributed by atoms with Crippen LogP contribution in [0, 0.1) is 11.6 Å². The molecule has 3 nitrogen and oxygen atoms in total. The zero-order valence-corrected chi connectivity index (χ0v) is 13.3. The van der Waals surface area contributed by atoms with E-state index in [0.29, 0.717) is 17.1 Å². The zero-order valence-electron chi connectivity index (χ0n) is 12.6. The summed E-state index contributed by atoms with van der Waals surface area (Å²) < 4.78 is 26.5. The number of rotatable bonds is 6. The van der Waals surface area contributed by atoms with Crippen molar-refractivity contribution < 1.29 is 13.6 Å². The largest absolute Gasteiger partial charge is 0.351 e. The Morgan fingerprint density at radius 2 is 2.00 bits per heavy atom. The van der Waals surface area contributed by atoms with Crippen LogP contribution in [0.3, 0.4) is 0 Å². The monoisotopic (exact) mass is 338 g/mol. The number of hydrogen-bond donors (Lipinski definition) is 2. The maximum absolute atomic E-state index is 13.6. The van der Waals surface area contributed by atoms with Crippen molar-refractivity contribution in [1.82, 2.24) is 10.6 Å². The standard InChI is InChI=1S/C17H17ClF2N2O/c1-11(15-6-5-14(19)8-16(15)20)21-10-17(23)22-9-12-3-2-4-13(18)7-12/h2-8,11,21H,9-10H2,1H3,(H,22,23)/t11-/m1/s1. The van der Waals surface area contributed by atoms with Gasteiger partial charge in [-0.3, -0.25) is 4.79 Å². The van der Waals surface area contributed by atoms with Crippen molar-refractivity contribution in [2.24, 2.45) is 0 Å². The smallest absolute Gasteiger partial charge is 0.234 e. The van der Waals surface area contributed by atoms with Crippen LogP contribution in [0.4, 0.5) is 8.78 Å². The quantitative estimate of drug-likeness (QED) is 0.845. The van der Waals surface area contributed by atoms with Crippen LogP contribution >= 0.6 is 11.6 Å². The summed E-state index contributed by atoms with van der Waals surface area (Å²) in [6.07, 6.45) is 0. The van der Waals surface area contributed by atoms with Crippen molar-refractivity contribution >= 4 is 17.5 Å². The van der Waals surface area contributed by atoms with Crippen LogP contribution in [0.15, 0.2) is 42.5 Å². The van der Waals surface area contributed by atoms with E-state index in [-0.39, 0.29) is 12.5 Å². The molecule has 0 spiro atoms. The van der Waals surface area contributed by atoms with E-state index in [1.807, 2.05) is 12.1 Å². The van der Waals surface area contributed by atoms with E-state index in [4.69, 9.17) is 11.6 Å². The molecule has 0 aliphatic carbocycles. The maximum atomic E-state index is 13.6. The van der Waals surface area contributed by atoms with Gasteiger partial charge >= 0.3 is 0 Å². The summed E-state index contributed by atoms with van der Waals surface area (Å²) in [5.41, 5.74) is 1.21. The lowest BCUT2D eigenvalue weighted by Crippen LogP contribution is -2.34. The first-order valence-electron chi connectivity index (χ1n) is 7.15. The van der Waals surface area contributed by atoms with E-state index >= 15 is 0 Å². The molecule has 0 bridgehead atoms. The third-order valence-corrected chi connectivity index (χ3v) is 3.61.